The minimum atomic E-state index is 0.185. The van der Waals surface area contributed by atoms with Gasteiger partial charge in [0.1, 0.15) is 12.1 Å². The molecular weight excluding hydrogens is 304 g/mol. The van der Waals surface area contributed by atoms with Crippen molar-refractivity contribution >= 4 is 17.6 Å². The Bertz CT molecular complexity index is 795. The lowest BCUT2D eigenvalue weighted by molar-refractivity contribution is 0.685. The Balaban J connectivity index is 1.58. The first kappa shape index (κ1) is 14.4. The lowest BCUT2D eigenvalue weighted by Gasteiger charge is -2.25. The second-order valence-corrected chi connectivity index (χ2v) is 5.44. The summed E-state index contributed by atoms with van der Waals surface area (Å²) in [6, 6.07) is 4.06. The first-order valence-corrected chi connectivity index (χ1v) is 7.79. The summed E-state index contributed by atoms with van der Waals surface area (Å²) in [5.74, 6) is 2.06. The van der Waals surface area contributed by atoms with Crippen LogP contribution < -0.4 is 10.2 Å². The predicted molar refractivity (Wildman–Crippen MR) is 88.7 cm³/mol. The number of nitrogens with one attached hydrogen (secondary N) is 1. The molecule has 0 amide bonds. The molecule has 24 heavy (non-hydrogen) atoms. The minimum Gasteiger partial charge on any atom is -0.348 e. The Labute approximate surface area is 139 Å². The first-order valence-electron chi connectivity index (χ1n) is 7.79. The van der Waals surface area contributed by atoms with Gasteiger partial charge in [-0.2, -0.15) is 0 Å². The van der Waals surface area contributed by atoms with Gasteiger partial charge in [0, 0.05) is 31.3 Å². The zero-order chi connectivity index (χ0) is 16.2. The number of hydrogen-bond acceptors (Lipinski definition) is 8. The fourth-order valence-corrected chi connectivity index (χ4v) is 2.90. The van der Waals surface area contributed by atoms with Crippen LogP contribution in [0.3, 0.4) is 0 Å². The molecule has 4 heterocycles. The van der Waals surface area contributed by atoms with Crippen LogP contribution in [0.2, 0.25) is 0 Å². The molecule has 0 aromatic carbocycles. The van der Waals surface area contributed by atoms with Crippen LogP contribution in [-0.2, 0) is 0 Å². The van der Waals surface area contributed by atoms with Gasteiger partial charge in [0.2, 0.25) is 5.95 Å². The Hall–Kier alpha value is -3.16. The lowest BCUT2D eigenvalue weighted by atomic mass is 10.1. The van der Waals surface area contributed by atoms with E-state index < -0.39 is 0 Å². The SMILES string of the molecule is c1cc(N2CCC[C@@H]2c2ccnc(Nc3cnccn3)n2)ncn1. The average Bonchev–Trinajstić information content (AvgIpc) is 3.13. The quantitative estimate of drug-likeness (QED) is 0.781. The van der Waals surface area contributed by atoms with Crippen LogP contribution in [0.25, 0.3) is 0 Å². The molecular formula is C16H16N8. The summed E-state index contributed by atoms with van der Waals surface area (Å²) in [5.41, 5.74) is 0.965. The number of hydrogen-bond donors (Lipinski definition) is 1. The second kappa shape index (κ2) is 6.53. The smallest absolute Gasteiger partial charge is 0.228 e. The molecule has 1 fully saturated rings. The van der Waals surface area contributed by atoms with Crippen molar-refractivity contribution in [1.82, 2.24) is 29.9 Å². The van der Waals surface area contributed by atoms with E-state index >= 15 is 0 Å². The van der Waals surface area contributed by atoms with E-state index in [0.29, 0.717) is 11.8 Å². The Morgan fingerprint density at radius 1 is 1.00 bits per heavy atom. The summed E-state index contributed by atoms with van der Waals surface area (Å²) in [6.45, 7) is 0.957. The van der Waals surface area contributed by atoms with Gasteiger partial charge in [0.05, 0.1) is 17.9 Å². The maximum absolute atomic E-state index is 4.65. The molecule has 0 spiro atoms. The van der Waals surface area contributed by atoms with E-state index in [1.54, 1.807) is 37.3 Å². The molecule has 1 N–H and O–H groups in total. The van der Waals surface area contributed by atoms with Crippen LogP contribution >= 0.6 is 0 Å². The molecule has 1 atom stereocenters. The minimum absolute atomic E-state index is 0.185. The van der Waals surface area contributed by atoms with E-state index in [-0.39, 0.29) is 6.04 Å². The molecule has 0 saturated carbocycles. The molecule has 3 aromatic rings. The normalized spacial score (nSPS) is 17.0. The van der Waals surface area contributed by atoms with E-state index in [2.05, 4.69) is 40.1 Å². The molecule has 4 rings (SSSR count). The van der Waals surface area contributed by atoms with Crippen molar-refractivity contribution in [3.8, 4) is 0 Å². The van der Waals surface area contributed by atoms with Gasteiger partial charge < -0.3 is 10.2 Å². The van der Waals surface area contributed by atoms with Crippen LogP contribution in [0.1, 0.15) is 24.6 Å². The van der Waals surface area contributed by atoms with Crippen molar-refractivity contribution in [1.29, 1.82) is 0 Å². The van der Waals surface area contributed by atoms with Crippen molar-refractivity contribution in [3.05, 3.63) is 55.1 Å². The molecule has 1 aliphatic rings. The van der Waals surface area contributed by atoms with Crippen molar-refractivity contribution in [3.63, 3.8) is 0 Å². The summed E-state index contributed by atoms with van der Waals surface area (Å²) >= 11 is 0. The highest BCUT2D eigenvalue weighted by molar-refractivity contribution is 5.47. The Morgan fingerprint density at radius 2 is 2.00 bits per heavy atom. The molecule has 8 nitrogen and oxygen atoms in total. The largest absolute Gasteiger partial charge is 0.348 e. The van der Waals surface area contributed by atoms with E-state index in [1.807, 2.05) is 12.1 Å². The van der Waals surface area contributed by atoms with Crippen LogP contribution in [0.15, 0.2) is 49.4 Å². The molecule has 8 heteroatoms. The third-order valence-electron chi connectivity index (χ3n) is 3.93. The fourth-order valence-electron chi connectivity index (χ4n) is 2.90. The van der Waals surface area contributed by atoms with Crippen molar-refractivity contribution in [2.24, 2.45) is 0 Å². The summed E-state index contributed by atoms with van der Waals surface area (Å²) in [6.07, 6.45) is 12.1. The van der Waals surface area contributed by atoms with Gasteiger partial charge in [-0.3, -0.25) is 4.98 Å². The molecule has 0 radical (unpaired) electrons. The van der Waals surface area contributed by atoms with E-state index in [1.165, 1.54) is 0 Å². The lowest BCUT2D eigenvalue weighted by Crippen LogP contribution is -2.24. The third kappa shape index (κ3) is 2.98. The highest BCUT2D eigenvalue weighted by Gasteiger charge is 2.28. The summed E-state index contributed by atoms with van der Waals surface area (Å²) in [5, 5.41) is 3.08. The number of anilines is 3. The summed E-state index contributed by atoms with van der Waals surface area (Å²) < 4.78 is 0. The Kier molecular flexibility index (Phi) is 3.93. The number of rotatable bonds is 4. The Morgan fingerprint density at radius 3 is 2.83 bits per heavy atom. The van der Waals surface area contributed by atoms with E-state index in [4.69, 9.17) is 0 Å². The van der Waals surface area contributed by atoms with Gasteiger partial charge in [0.15, 0.2) is 5.82 Å². The predicted octanol–water partition coefficient (Wildman–Crippen LogP) is 2.14. The molecule has 0 unspecified atom stereocenters. The monoisotopic (exact) mass is 320 g/mol. The first-order chi connectivity index (χ1) is 11.9. The number of aromatic nitrogens is 6. The van der Waals surface area contributed by atoms with Gasteiger partial charge in [-0.1, -0.05) is 0 Å². The van der Waals surface area contributed by atoms with Crippen molar-refractivity contribution in [2.75, 3.05) is 16.8 Å². The zero-order valence-electron chi connectivity index (χ0n) is 12.9. The van der Waals surface area contributed by atoms with Crippen LogP contribution in [0.4, 0.5) is 17.6 Å². The molecule has 120 valence electrons. The topological polar surface area (TPSA) is 92.6 Å². The second-order valence-electron chi connectivity index (χ2n) is 5.44. The third-order valence-corrected chi connectivity index (χ3v) is 3.93. The molecule has 1 aliphatic heterocycles. The van der Waals surface area contributed by atoms with Gasteiger partial charge in [-0.05, 0) is 25.0 Å². The van der Waals surface area contributed by atoms with Crippen LogP contribution in [0, 0.1) is 0 Å². The van der Waals surface area contributed by atoms with Gasteiger partial charge in [-0.25, -0.2) is 24.9 Å². The average molecular weight is 320 g/mol. The van der Waals surface area contributed by atoms with Gasteiger partial charge in [-0.15, -0.1) is 0 Å². The fraction of sp³-hybridized carbons (Fsp3) is 0.250. The molecule has 0 aliphatic carbocycles. The molecule has 0 bridgehead atoms. The highest BCUT2D eigenvalue weighted by atomic mass is 15.2. The van der Waals surface area contributed by atoms with Crippen molar-refractivity contribution in [2.45, 2.75) is 18.9 Å². The zero-order valence-corrected chi connectivity index (χ0v) is 12.9. The van der Waals surface area contributed by atoms with Crippen LogP contribution in [0.5, 0.6) is 0 Å². The molecule has 3 aromatic heterocycles. The summed E-state index contributed by atoms with van der Waals surface area (Å²) in [4.78, 5) is 27.7. The van der Waals surface area contributed by atoms with Crippen molar-refractivity contribution < 1.29 is 0 Å². The molecule has 1 saturated heterocycles. The maximum Gasteiger partial charge on any atom is 0.228 e. The summed E-state index contributed by atoms with van der Waals surface area (Å²) in [7, 11) is 0. The van der Waals surface area contributed by atoms with Gasteiger partial charge >= 0.3 is 0 Å². The van der Waals surface area contributed by atoms with E-state index in [9.17, 15) is 0 Å². The standard InChI is InChI=1S/C16H16N8/c1-2-13(24(9-1)15-4-5-18-11-21-15)12-3-6-20-16(22-12)23-14-10-17-7-8-19-14/h3-8,10-11,13H,1-2,9H2,(H,19,20,22,23)/t13-/m1/s1. The highest BCUT2D eigenvalue weighted by Crippen LogP contribution is 2.34. The van der Waals surface area contributed by atoms with Gasteiger partial charge in [0.25, 0.3) is 0 Å². The van der Waals surface area contributed by atoms with E-state index in [0.717, 1.165) is 30.9 Å². The number of nitrogens with zero attached hydrogens (tertiary/aromatic N) is 7. The van der Waals surface area contributed by atoms with Crippen LogP contribution in [-0.4, -0.2) is 36.4 Å². The maximum atomic E-state index is 4.65.